The largest absolute Gasteiger partial charge is 0.497 e. The van der Waals surface area contributed by atoms with E-state index in [1.54, 1.807) is 19.2 Å². The zero-order valence-corrected chi connectivity index (χ0v) is 19.5. The van der Waals surface area contributed by atoms with Gasteiger partial charge in [-0.05, 0) is 53.9 Å². The number of hydrogen-bond acceptors (Lipinski definition) is 6. The number of anilines is 1. The summed E-state index contributed by atoms with van der Waals surface area (Å²) in [6, 6.07) is 20.9. The summed E-state index contributed by atoms with van der Waals surface area (Å²) >= 11 is 0. The molecular formula is C27H23FN6O2. The number of aromatic nitrogens is 3. The average molecular weight is 483 g/mol. The van der Waals surface area contributed by atoms with Crippen LogP contribution < -0.4 is 15.8 Å². The molecule has 5 rings (SSSR count). The van der Waals surface area contributed by atoms with Crippen molar-refractivity contribution in [2.45, 2.75) is 6.42 Å². The molecule has 8 nitrogen and oxygen atoms in total. The van der Waals surface area contributed by atoms with Crippen LogP contribution in [0.4, 0.5) is 10.2 Å². The van der Waals surface area contributed by atoms with E-state index in [-0.39, 0.29) is 23.1 Å². The van der Waals surface area contributed by atoms with Crippen LogP contribution in [0.2, 0.25) is 0 Å². The van der Waals surface area contributed by atoms with E-state index < -0.39 is 0 Å². The van der Waals surface area contributed by atoms with Crippen LogP contribution in [0.5, 0.6) is 5.75 Å². The first-order chi connectivity index (χ1) is 17.5. The van der Waals surface area contributed by atoms with Gasteiger partial charge in [0.05, 0.1) is 24.4 Å². The van der Waals surface area contributed by atoms with Crippen molar-refractivity contribution in [2.75, 3.05) is 19.4 Å². The minimum Gasteiger partial charge on any atom is -0.497 e. The van der Waals surface area contributed by atoms with Crippen LogP contribution in [-0.4, -0.2) is 40.4 Å². The Kier molecular flexibility index (Phi) is 6.27. The van der Waals surface area contributed by atoms with Crippen molar-refractivity contribution in [3.63, 3.8) is 0 Å². The highest BCUT2D eigenvalue weighted by molar-refractivity contribution is 6.10. The van der Waals surface area contributed by atoms with E-state index in [0.717, 1.165) is 11.3 Å². The number of halogens is 1. The summed E-state index contributed by atoms with van der Waals surface area (Å²) in [5, 5.41) is 7.36. The van der Waals surface area contributed by atoms with Crippen molar-refractivity contribution >= 4 is 40.1 Å². The van der Waals surface area contributed by atoms with Crippen LogP contribution in [0, 0.1) is 5.82 Å². The molecule has 1 amide bonds. The predicted molar refractivity (Wildman–Crippen MR) is 138 cm³/mol. The molecule has 3 N–H and O–H groups in total. The van der Waals surface area contributed by atoms with Gasteiger partial charge in [-0.25, -0.2) is 14.4 Å². The van der Waals surface area contributed by atoms with Crippen molar-refractivity contribution in [1.29, 1.82) is 0 Å². The topological polar surface area (TPSA) is 107 Å². The molecular weight excluding hydrogens is 459 g/mol. The highest BCUT2D eigenvalue weighted by Gasteiger charge is 2.24. The van der Waals surface area contributed by atoms with Crippen molar-refractivity contribution in [3.8, 4) is 5.75 Å². The molecule has 5 aromatic rings. The maximum Gasteiger partial charge on any atom is 0.257 e. The number of nitrogens with zero attached hydrogens (tertiary/aromatic N) is 4. The summed E-state index contributed by atoms with van der Waals surface area (Å²) in [6.07, 6.45) is 2.16. The van der Waals surface area contributed by atoms with E-state index in [1.165, 1.54) is 23.0 Å². The van der Waals surface area contributed by atoms with Gasteiger partial charge in [-0.3, -0.25) is 4.79 Å². The first-order valence-electron chi connectivity index (χ1n) is 11.3. The smallest absolute Gasteiger partial charge is 0.257 e. The summed E-state index contributed by atoms with van der Waals surface area (Å²) in [7, 11) is 1.62. The Morgan fingerprint density at radius 3 is 2.44 bits per heavy atom. The van der Waals surface area contributed by atoms with Gasteiger partial charge in [0.1, 0.15) is 28.5 Å². The molecule has 0 bridgehead atoms. The molecule has 180 valence electrons. The lowest BCUT2D eigenvalue weighted by Gasteiger charge is -2.06. The molecule has 0 saturated carbocycles. The van der Waals surface area contributed by atoms with Gasteiger partial charge in [0.2, 0.25) is 0 Å². The number of methoxy groups -OCH3 is 1. The number of para-hydroxylation sites is 2. The molecule has 2 heterocycles. The summed E-state index contributed by atoms with van der Waals surface area (Å²) in [6.45, 7) is 0.400. The third kappa shape index (κ3) is 4.58. The number of ether oxygens (including phenoxy) is 1. The van der Waals surface area contributed by atoms with Crippen molar-refractivity contribution in [1.82, 2.24) is 20.0 Å². The van der Waals surface area contributed by atoms with E-state index in [0.29, 0.717) is 40.7 Å². The number of nitrogen functional groups attached to an aromatic ring is 1. The lowest BCUT2D eigenvalue weighted by Crippen LogP contribution is -2.26. The van der Waals surface area contributed by atoms with Gasteiger partial charge in [-0.2, -0.15) is 9.78 Å². The van der Waals surface area contributed by atoms with Crippen molar-refractivity contribution in [3.05, 3.63) is 95.3 Å². The predicted octanol–water partition coefficient (Wildman–Crippen LogP) is 4.17. The quantitative estimate of drug-likeness (QED) is 0.339. The molecule has 0 aliphatic carbocycles. The molecule has 0 unspecified atom stereocenters. The number of amides is 1. The van der Waals surface area contributed by atoms with E-state index >= 15 is 0 Å². The van der Waals surface area contributed by atoms with Gasteiger partial charge >= 0.3 is 0 Å². The number of carbonyl (C=O) groups excluding carboxylic acids is 1. The monoisotopic (exact) mass is 482 g/mol. The van der Waals surface area contributed by atoms with Gasteiger partial charge < -0.3 is 15.8 Å². The minimum atomic E-state index is -0.369. The van der Waals surface area contributed by atoms with Gasteiger partial charge in [-0.15, -0.1) is 0 Å². The third-order valence-electron chi connectivity index (χ3n) is 5.75. The molecule has 0 radical (unpaired) electrons. The second-order valence-corrected chi connectivity index (χ2v) is 8.11. The zero-order chi connectivity index (χ0) is 25.1. The number of carbonyl (C=O) groups is 1. The number of benzene rings is 3. The molecule has 9 heteroatoms. The summed E-state index contributed by atoms with van der Waals surface area (Å²) in [5.41, 5.74) is 10.3. The second-order valence-electron chi connectivity index (χ2n) is 8.11. The highest BCUT2D eigenvalue weighted by atomic mass is 19.1. The number of nitrogens with one attached hydrogen (secondary N) is 1. The number of hydrogen-bond donors (Lipinski definition) is 2. The molecule has 0 aliphatic heterocycles. The van der Waals surface area contributed by atoms with Crippen LogP contribution in [0.1, 0.15) is 21.5 Å². The molecule has 36 heavy (non-hydrogen) atoms. The van der Waals surface area contributed by atoms with E-state index in [2.05, 4.69) is 20.4 Å². The van der Waals surface area contributed by atoms with Gasteiger partial charge in [0, 0.05) is 6.54 Å². The van der Waals surface area contributed by atoms with E-state index in [4.69, 9.17) is 10.5 Å². The SMILES string of the molecule is COc1ccc(CCNC(=O)c2c(N)n(N=Cc3ccc(F)cc3)c3nc4ccccc4nc23)cc1. The first kappa shape index (κ1) is 23.0. The Balaban J connectivity index is 1.48. The number of rotatable bonds is 7. The van der Waals surface area contributed by atoms with Crippen LogP contribution in [0.25, 0.3) is 22.2 Å². The molecule has 0 aliphatic rings. The molecule has 0 saturated heterocycles. The molecule has 0 spiro atoms. The van der Waals surface area contributed by atoms with Crippen LogP contribution in [-0.2, 0) is 6.42 Å². The normalized spacial score (nSPS) is 11.4. The van der Waals surface area contributed by atoms with E-state index in [9.17, 15) is 9.18 Å². The van der Waals surface area contributed by atoms with E-state index in [1.807, 2.05) is 48.5 Å². The molecule has 0 atom stereocenters. The average Bonchev–Trinajstić information content (AvgIpc) is 3.17. The lowest BCUT2D eigenvalue weighted by atomic mass is 10.1. The van der Waals surface area contributed by atoms with Gasteiger partial charge in [0.25, 0.3) is 5.91 Å². The van der Waals surface area contributed by atoms with Crippen molar-refractivity contribution < 1.29 is 13.9 Å². The first-order valence-corrected chi connectivity index (χ1v) is 11.3. The van der Waals surface area contributed by atoms with Crippen LogP contribution in [0.3, 0.4) is 0 Å². The summed E-state index contributed by atoms with van der Waals surface area (Å²) in [5.74, 6) is 0.173. The van der Waals surface area contributed by atoms with Crippen LogP contribution >= 0.6 is 0 Å². The fourth-order valence-corrected chi connectivity index (χ4v) is 3.86. The number of fused-ring (bicyclic) bond motifs is 2. The molecule has 3 aromatic carbocycles. The van der Waals surface area contributed by atoms with Crippen molar-refractivity contribution in [2.24, 2.45) is 5.10 Å². The zero-order valence-electron chi connectivity index (χ0n) is 19.5. The fourth-order valence-electron chi connectivity index (χ4n) is 3.86. The Hall–Kier alpha value is -4.79. The Morgan fingerprint density at radius 1 is 1.06 bits per heavy atom. The fraction of sp³-hybridized carbons (Fsp3) is 0.111. The minimum absolute atomic E-state index is 0.112. The summed E-state index contributed by atoms with van der Waals surface area (Å²) < 4.78 is 19.8. The highest BCUT2D eigenvalue weighted by Crippen LogP contribution is 2.28. The summed E-state index contributed by atoms with van der Waals surface area (Å²) in [4.78, 5) is 22.6. The Morgan fingerprint density at radius 2 is 1.75 bits per heavy atom. The third-order valence-corrected chi connectivity index (χ3v) is 5.75. The number of nitrogens with two attached hydrogens (primary N) is 1. The standard InChI is InChI=1S/C27H23FN6O2/c1-36-20-12-8-17(9-13-20)14-15-30-27(35)23-24-26(33-22-5-3-2-4-21(22)32-24)34(25(23)29)31-16-18-6-10-19(28)11-7-18/h2-13,16H,14-15,29H2,1H3,(H,30,35). The maximum absolute atomic E-state index is 13.3. The second kappa shape index (κ2) is 9.83. The maximum atomic E-state index is 13.3. The van der Waals surface area contributed by atoms with Crippen LogP contribution in [0.15, 0.2) is 77.9 Å². The van der Waals surface area contributed by atoms with Gasteiger partial charge in [-0.1, -0.05) is 36.4 Å². The lowest BCUT2D eigenvalue weighted by molar-refractivity contribution is 0.0956. The molecule has 0 fully saturated rings. The Bertz CT molecular complexity index is 1580. The Labute approximate surface area is 206 Å². The van der Waals surface area contributed by atoms with Gasteiger partial charge in [0.15, 0.2) is 5.65 Å². The molecule has 2 aromatic heterocycles.